The number of nitrogens with one attached hydrogen (secondary N) is 1. The number of aromatic nitrogens is 5. The van der Waals surface area contributed by atoms with Crippen molar-refractivity contribution in [3.63, 3.8) is 0 Å². The maximum Gasteiger partial charge on any atom is 0.435 e. The number of sulfone groups is 1. The van der Waals surface area contributed by atoms with Crippen LogP contribution < -0.4 is 5.32 Å². The summed E-state index contributed by atoms with van der Waals surface area (Å²) in [4.78, 5) is 43.3. The van der Waals surface area contributed by atoms with Gasteiger partial charge in [0, 0.05) is 46.2 Å². The van der Waals surface area contributed by atoms with Crippen molar-refractivity contribution in [2.24, 2.45) is 11.8 Å². The Balaban J connectivity index is 1.45. The minimum absolute atomic E-state index is 0.192. The van der Waals surface area contributed by atoms with E-state index in [4.69, 9.17) is 11.6 Å². The lowest BCUT2D eigenvalue weighted by Gasteiger charge is -2.23. The molecule has 2 aliphatic rings. The first-order valence-corrected chi connectivity index (χ1v) is 24.4. The minimum Gasteiger partial charge on any atom is -0.481 e. The average Bonchev–Trinajstić information content (AvgIpc) is 3.75. The second-order valence-corrected chi connectivity index (χ2v) is 21.6. The number of aliphatic carboxylic acids is 1. The summed E-state index contributed by atoms with van der Waals surface area (Å²) in [5.74, 6) is -9.18. The van der Waals surface area contributed by atoms with E-state index in [2.05, 4.69) is 32.3 Å². The van der Waals surface area contributed by atoms with Crippen molar-refractivity contribution in [2.45, 2.75) is 94.6 Å². The summed E-state index contributed by atoms with van der Waals surface area (Å²) in [7, 11) is -3.90. The summed E-state index contributed by atoms with van der Waals surface area (Å²) in [6.45, 7) is -0.653. The Morgan fingerprint density at radius 3 is 2.24 bits per heavy atom. The van der Waals surface area contributed by atoms with E-state index in [9.17, 15) is 71.8 Å². The monoisotopic (exact) mass is 1080 g/mol. The van der Waals surface area contributed by atoms with Crippen molar-refractivity contribution >= 4 is 61.4 Å². The molecule has 15 nitrogen and oxygen atoms in total. The number of alkyl halides is 8. The van der Waals surface area contributed by atoms with Gasteiger partial charge in [-0.2, -0.15) is 45.3 Å². The molecule has 1 saturated carbocycles. The number of nitrogens with zero attached hydrogens (tertiary/aromatic N) is 6. The number of rotatable bonds is 15. The first kappa shape index (κ1) is 53.7. The van der Waals surface area contributed by atoms with Gasteiger partial charge in [0.1, 0.15) is 40.9 Å². The highest BCUT2D eigenvalue weighted by Crippen LogP contribution is 2.68. The Morgan fingerprint density at radius 1 is 1.01 bits per heavy atom. The third-order valence-corrected chi connectivity index (χ3v) is 15.0. The lowest BCUT2D eigenvalue weighted by molar-refractivity contribution is -0.143. The number of pyridine rings is 1. The van der Waals surface area contributed by atoms with Crippen LogP contribution in [0.15, 0.2) is 42.5 Å². The Morgan fingerprint density at radius 2 is 1.65 bits per heavy atom. The van der Waals surface area contributed by atoms with Gasteiger partial charge in [0.05, 0.1) is 40.9 Å². The van der Waals surface area contributed by atoms with Crippen molar-refractivity contribution in [1.29, 1.82) is 0 Å². The van der Waals surface area contributed by atoms with Crippen LogP contribution in [0.1, 0.15) is 85.2 Å². The Bertz CT molecular complexity index is 3240. The van der Waals surface area contributed by atoms with Crippen molar-refractivity contribution < 1.29 is 80.6 Å². The van der Waals surface area contributed by atoms with Crippen molar-refractivity contribution in [1.82, 2.24) is 34.2 Å². The first-order valence-electron chi connectivity index (χ1n) is 21.1. The lowest BCUT2D eigenvalue weighted by atomic mass is 9.93. The Hall–Kier alpha value is -6.11. The third kappa shape index (κ3) is 11.0. The molecule has 7 rings (SSSR count). The molecule has 386 valence electrons. The fourth-order valence-electron chi connectivity index (χ4n) is 8.40. The quantitative estimate of drug-likeness (QED) is 0.0523. The molecule has 2 aliphatic carbocycles. The molecule has 3 N–H and O–H groups in total. The van der Waals surface area contributed by atoms with Crippen LogP contribution in [-0.2, 0) is 73.6 Å². The van der Waals surface area contributed by atoms with Gasteiger partial charge >= 0.3 is 18.3 Å². The largest absolute Gasteiger partial charge is 0.481 e. The number of hydrogen-bond donors (Lipinski definition) is 3. The molecule has 0 saturated heterocycles. The summed E-state index contributed by atoms with van der Waals surface area (Å²) in [6.07, 6.45) is -11.2. The summed E-state index contributed by atoms with van der Waals surface area (Å²) in [6, 6.07) is 4.93. The van der Waals surface area contributed by atoms with E-state index in [0.717, 1.165) is 43.5 Å². The van der Waals surface area contributed by atoms with Gasteiger partial charge in [-0.1, -0.05) is 30.5 Å². The number of carboxylic acids is 1. The molecule has 0 radical (unpaired) electrons. The predicted molar refractivity (Wildman–Crippen MR) is 235 cm³/mol. The van der Waals surface area contributed by atoms with E-state index in [1.54, 1.807) is 0 Å². The van der Waals surface area contributed by atoms with Crippen LogP contribution in [0.2, 0.25) is 5.02 Å². The Kier molecular flexibility index (Phi) is 14.2. The average molecular weight is 1080 g/mol. The van der Waals surface area contributed by atoms with Crippen LogP contribution in [-0.4, -0.2) is 86.1 Å². The topological polar surface area (TPSA) is 207 Å². The third-order valence-electron chi connectivity index (χ3n) is 12.0. The van der Waals surface area contributed by atoms with Gasteiger partial charge in [-0.15, -0.1) is 0 Å². The molecular weight excluding hydrogens is 1040 g/mol. The van der Waals surface area contributed by atoms with Gasteiger partial charge in [-0.3, -0.25) is 28.3 Å². The fraction of sp³-hybridized carbons (Fsp3) is 0.409. The highest BCUT2D eigenvalue weighted by Gasteiger charge is 2.68. The van der Waals surface area contributed by atoms with Crippen LogP contribution in [0.25, 0.3) is 22.0 Å². The molecule has 0 bridgehead atoms. The summed E-state index contributed by atoms with van der Waals surface area (Å²) in [5, 5.41) is 18.3. The summed E-state index contributed by atoms with van der Waals surface area (Å²) >= 11 is 3.39. The molecule has 28 heteroatoms. The molecular formula is C44H38ClF10N7O8S2. The van der Waals surface area contributed by atoms with Crippen LogP contribution in [0.4, 0.5) is 43.9 Å². The van der Waals surface area contributed by atoms with E-state index < -0.39 is 164 Å². The normalized spacial score (nSPS) is 17.6. The SMILES string of the molecule is CC(CC(=O)O)C(=O)N(Cc1nn(CC(F)(F)F)c2c(-c3ccc(C#CC(C)(C)S(C)(=O)=O)nc3C(Cc3cc(F)cc(F)c3)NC(=O)Cn3nc(C(F)(F)F)c4c3C(F)(F)[C@@H]3C[C@H]43)ccc(Cl)c12)S(=O)O. The van der Waals surface area contributed by atoms with Gasteiger partial charge in [0.15, 0.2) is 15.5 Å². The van der Waals surface area contributed by atoms with E-state index >= 15 is 8.78 Å². The Labute approximate surface area is 409 Å². The van der Waals surface area contributed by atoms with Crippen molar-refractivity contribution in [3.8, 4) is 23.0 Å². The van der Waals surface area contributed by atoms with Gasteiger partial charge in [-0.05, 0) is 74.4 Å². The van der Waals surface area contributed by atoms with E-state index in [1.807, 2.05) is 0 Å². The van der Waals surface area contributed by atoms with Gasteiger partial charge in [0.2, 0.25) is 11.8 Å². The number of halogens is 11. The first-order chi connectivity index (χ1) is 33.2. The molecule has 5 aromatic rings. The highest BCUT2D eigenvalue weighted by molar-refractivity contribution is 7.92. The number of hydrogen-bond acceptors (Lipinski definition) is 9. The number of carbonyl (C=O) groups excluding carboxylic acids is 2. The van der Waals surface area contributed by atoms with E-state index in [0.29, 0.717) is 10.7 Å². The molecule has 3 unspecified atom stereocenters. The zero-order chi connectivity index (χ0) is 53.4. The number of benzene rings is 2. The molecule has 0 aliphatic heterocycles. The number of carboxylic acid groups (broad SMARTS) is 1. The zero-order valence-electron chi connectivity index (χ0n) is 37.6. The zero-order valence-corrected chi connectivity index (χ0v) is 40.0. The number of amides is 2. The minimum atomic E-state index is -5.22. The van der Waals surface area contributed by atoms with Crippen LogP contribution in [0.3, 0.4) is 0 Å². The standard InChI is InChI=1S/C44H38ClF10N7O8S2/c1-20(11-33(64)65)40(66)62(71(67)68)17-31-35-29(45)8-7-26(37(35)61(58-31)19-42(48,49)50)25-6-5-24(9-10-41(2,3)72(4,69)70)56-36(25)30(14-21-12-22(46)15-23(47)13-21)57-32(63)18-60-39-34(38(59-60)44(53,54)55)27-16-28(27)43(39,51)52/h5-8,12-13,15,20,27-28,30H,11,14,16-19H2,1-4H3,(H,57,63)(H,64,65)(H,67,68)/t20?,27-,28+,30?/m0/s1. The van der Waals surface area contributed by atoms with E-state index in [-0.39, 0.29) is 48.2 Å². The molecule has 5 atom stereocenters. The van der Waals surface area contributed by atoms with Gasteiger partial charge in [-0.25, -0.2) is 30.7 Å². The van der Waals surface area contributed by atoms with Crippen LogP contribution >= 0.6 is 11.6 Å². The van der Waals surface area contributed by atoms with E-state index in [1.165, 1.54) is 19.9 Å². The molecule has 3 aromatic heterocycles. The molecule has 0 spiro atoms. The fourth-order valence-corrected chi connectivity index (χ4v) is 9.47. The predicted octanol–water partition coefficient (Wildman–Crippen LogP) is 7.87. The lowest BCUT2D eigenvalue weighted by Crippen LogP contribution is -2.37. The van der Waals surface area contributed by atoms with Crippen LogP contribution in [0, 0.1) is 35.3 Å². The van der Waals surface area contributed by atoms with Gasteiger partial charge in [0.25, 0.3) is 17.2 Å². The number of fused-ring (bicyclic) bond motifs is 4. The highest BCUT2D eigenvalue weighted by atomic mass is 35.5. The summed E-state index contributed by atoms with van der Waals surface area (Å²) < 4.78 is 194. The summed E-state index contributed by atoms with van der Waals surface area (Å²) in [5.41, 5.74) is -6.14. The van der Waals surface area contributed by atoms with Crippen LogP contribution in [0.5, 0.6) is 0 Å². The molecule has 2 aromatic carbocycles. The van der Waals surface area contributed by atoms with Gasteiger partial charge < -0.3 is 10.4 Å². The van der Waals surface area contributed by atoms with Crippen molar-refractivity contribution in [3.05, 3.63) is 98.7 Å². The maximum atomic E-state index is 15.6. The van der Waals surface area contributed by atoms with Crippen molar-refractivity contribution in [2.75, 3.05) is 6.26 Å². The second-order valence-electron chi connectivity index (χ2n) is 17.7. The smallest absolute Gasteiger partial charge is 0.435 e. The molecule has 72 heavy (non-hydrogen) atoms. The molecule has 3 heterocycles. The molecule has 1 fully saturated rings. The maximum absolute atomic E-state index is 15.6. The number of carbonyl (C=O) groups is 3. The second kappa shape index (κ2) is 19.1. The molecule has 2 amide bonds.